The van der Waals surface area contributed by atoms with E-state index in [4.69, 9.17) is 9.54 Å². The largest absolute Gasteiger partial charge is 0.357 e. The van der Waals surface area contributed by atoms with E-state index in [2.05, 4.69) is 15.8 Å². The lowest BCUT2D eigenvalue weighted by atomic mass is 10.0. The Labute approximate surface area is 210 Å². The average Bonchev–Trinajstić information content (AvgIpc) is 3.49. The molecule has 3 aromatic rings. The van der Waals surface area contributed by atoms with E-state index < -0.39 is 26.4 Å². The molecule has 2 aromatic heterocycles. The van der Waals surface area contributed by atoms with Gasteiger partial charge in [-0.05, 0) is 42.9 Å². The Hall–Kier alpha value is -1.81. The standard InChI is InChI=1S/C20H22N4O5S5/c1-13-21-16(10-31-13)12-33(25,26)24-17(18-11-32-20(22-18)19-3-2-8-30-19)9-14-4-6-15(7-5-14)23-34(27,28)29/h2,4-8,10-11,17,19,23-24H,3,9,12H2,1H3,(H,27,28,29)/t17-,19?/m0/s1. The summed E-state index contributed by atoms with van der Waals surface area (Å²) in [6.45, 7) is 1.82. The Morgan fingerprint density at radius 2 is 1.88 bits per heavy atom. The summed E-state index contributed by atoms with van der Waals surface area (Å²) in [7, 11) is -8.09. The fraction of sp³-hybridized carbons (Fsp3) is 0.300. The van der Waals surface area contributed by atoms with Crippen molar-refractivity contribution in [3.8, 4) is 0 Å². The first kappa shape index (κ1) is 25.3. The van der Waals surface area contributed by atoms with Gasteiger partial charge in [-0.2, -0.15) is 8.42 Å². The van der Waals surface area contributed by atoms with Crippen LogP contribution in [0.2, 0.25) is 0 Å². The van der Waals surface area contributed by atoms with Crippen LogP contribution in [0.3, 0.4) is 0 Å². The van der Waals surface area contributed by atoms with E-state index in [1.54, 1.807) is 29.3 Å². The third kappa shape index (κ3) is 7.10. The molecular weight excluding hydrogens is 537 g/mol. The predicted octanol–water partition coefficient (Wildman–Crippen LogP) is 4.22. The highest BCUT2D eigenvalue weighted by atomic mass is 32.2. The number of aryl methyl sites for hydroxylation is 1. The molecule has 2 atom stereocenters. The lowest BCUT2D eigenvalue weighted by Gasteiger charge is -2.17. The Morgan fingerprint density at radius 1 is 1.12 bits per heavy atom. The van der Waals surface area contributed by atoms with Gasteiger partial charge in [-0.1, -0.05) is 18.2 Å². The van der Waals surface area contributed by atoms with E-state index in [1.807, 2.05) is 22.4 Å². The zero-order valence-corrected chi connectivity index (χ0v) is 22.0. The second-order valence-electron chi connectivity index (χ2n) is 7.61. The molecule has 0 radical (unpaired) electrons. The minimum atomic E-state index is -4.38. The van der Waals surface area contributed by atoms with E-state index in [0.717, 1.165) is 22.0 Å². The van der Waals surface area contributed by atoms with Crippen molar-refractivity contribution in [2.75, 3.05) is 4.72 Å². The Balaban J connectivity index is 1.56. The molecule has 0 saturated carbocycles. The molecule has 0 bridgehead atoms. The van der Waals surface area contributed by atoms with Gasteiger partial charge in [0.15, 0.2) is 0 Å². The van der Waals surface area contributed by atoms with Crippen molar-refractivity contribution in [3.05, 3.63) is 73.5 Å². The maximum Gasteiger partial charge on any atom is 0.357 e. The Bertz CT molecular complexity index is 1370. The summed E-state index contributed by atoms with van der Waals surface area (Å²) in [5.74, 6) is -0.232. The lowest BCUT2D eigenvalue weighted by molar-refractivity contribution is 0.489. The molecule has 14 heteroatoms. The quantitative estimate of drug-likeness (QED) is 0.315. The van der Waals surface area contributed by atoms with E-state index in [1.165, 1.54) is 34.8 Å². The van der Waals surface area contributed by atoms with E-state index in [0.29, 0.717) is 17.8 Å². The van der Waals surface area contributed by atoms with E-state index in [-0.39, 0.29) is 16.7 Å². The van der Waals surface area contributed by atoms with Crippen molar-refractivity contribution >= 4 is 60.5 Å². The number of allylic oxidation sites excluding steroid dienone is 1. The SMILES string of the molecule is Cc1nc(CS(=O)(=O)N[C@@H](Cc2ccc(NS(=O)(=O)O)cc2)c2csc(C3CC=CS3)n2)cs1. The number of rotatable bonds is 10. The van der Waals surface area contributed by atoms with Crippen molar-refractivity contribution in [3.63, 3.8) is 0 Å². The molecule has 1 unspecified atom stereocenters. The van der Waals surface area contributed by atoms with Gasteiger partial charge in [0.25, 0.3) is 0 Å². The number of aromatic nitrogens is 2. The number of nitrogens with one attached hydrogen (secondary N) is 2. The maximum atomic E-state index is 13.0. The first-order chi connectivity index (χ1) is 16.1. The van der Waals surface area contributed by atoms with Crippen molar-refractivity contribution in [2.45, 2.75) is 36.8 Å². The molecule has 9 nitrogen and oxygen atoms in total. The predicted molar refractivity (Wildman–Crippen MR) is 137 cm³/mol. The van der Waals surface area contributed by atoms with Crippen LogP contribution in [0, 0.1) is 6.92 Å². The molecule has 34 heavy (non-hydrogen) atoms. The molecule has 1 aliphatic heterocycles. The zero-order chi connectivity index (χ0) is 24.3. The first-order valence-corrected chi connectivity index (χ1v) is 15.9. The molecule has 0 amide bonds. The molecule has 1 aromatic carbocycles. The molecule has 0 aliphatic carbocycles. The summed E-state index contributed by atoms with van der Waals surface area (Å²) in [5.41, 5.74) is 2.08. The van der Waals surface area contributed by atoms with Crippen molar-refractivity contribution in [1.82, 2.24) is 14.7 Å². The lowest BCUT2D eigenvalue weighted by Crippen LogP contribution is -2.31. The molecule has 0 spiro atoms. The topological polar surface area (TPSA) is 138 Å². The minimum absolute atomic E-state index is 0.198. The van der Waals surface area contributed by atoms with Crippen LogP contribution in [0.1, 0.15) is 44.7 Å². The molecule has 182 valence electrons. The third-order valence-electron chi connectivity index (χ3n) is 4.83. The van der Waals surface area contributed by atoms with Gasteiger partial charge in [0.2, 0.25) is 10.0 Å². The van der Waals surface area contributed by atoms with Gasteiger partial charge >= 0.3 is 10.3 Å². The van der Waals surface area contributed by atoms with Gasteiger partial charge in [0.1, 0.15) is 10.8 Å². The summed E-state index contributed by atoms with van der Waals surface area (Å²) in [6.07, 6.45) is 3.29. The molecular formula is C20H22N4O5S5. The van der Waals surface area contributed by atoms with Gasteiger partial charge in [-0.25, -0.2) is 23.1 Å². The fourth-order valence-corrected chi connectivity index (χ4v) is 7.79. The van der Waals surface area contributed by atoms with Gasteiger partial charge < -0.3 is 0 Å². The van der Waals surface area contributed by atoms with Crippen LogP contribution in [0.5, 0.6) is 0 Å². The fourth-order valence-electron chi connectivity index (χ4n) is 3.38. The molecule has 3 N–H and O–H groups in total. The Kier molecular flexibility index (Phi) is 7.76. The highest BCUT2D eigenvalue weighted by Gasteiger charge is 2.25. The number of thiazole rings is 2. The van der Waals surface area contributed by atoms with Crippen molar-refractivity contribution in [2.24, 2.45) is 0 Å². The molecule has 1 aliphatic rings. The van der Waals surface area contributed by atoms with Crippen LogP contribution in [0.4, 0.5) is 5.69 Å². The summed E-state index contributed by atoms with van der Waals surface area (Å²) in [6, 6.07) is 5.72. The van der Waals surface area contributed by atoms with E-state index in [9.17, 15) is 16.8 Å². The van der Waals surface area contributed by atoms with Crippen LogP contribution in [0.25, 0.3) is 0 Å². The molecule has 0 fully saturated rings. The zero-order valence-electron chi connectivity index (χ0n) is 17.9. The van der Waals surface area contributed by atoms with Crippen LogP contribution in [-0.4, -0.2) is 31.4 Å². The summed E-state index contributed by atoms with van der Waals surface area (Å²) in [4.78, 5) is 9.00. The summed E-state index contributed by atoms with van der Waals surface area (Å²) < 4.78 is 61.7. The van der Waals surface area contributed by atoms with Crippen molar-refractivity contribution in [1.29, 1.82) is 0 Å². The van der Waals surface area contributed by atoms with Gasteiger partial charge in [-0.15, -0.1) is 34.4 Å². The highest BCUT2D eigenvalue weighted by molar-refractivity contribution is 8.02. The van der Waals surface area contributed by atoms with Gasteiger partial charge in [0.05, 0.1) is 33.4 Å². The Morgan fingerprint density at radius 3 is 2.50 bits per heavy atom. The van der Waals surface area contributed by atoms with Gasteiger partial charge in [0, 0.05) is 10.8 Å². The maximum absolute atomic E-state index is 13.0. The highest BCUT2D eigenvalue weighted by Crippen LogP contribution is 2.40. The van der Waals surface area contributed by atoms with Crippen LogP contribution < -0.4 is 9.44 Å². The minimum Gasteiger partial charge on any atom is -0.269 e. The number of hydrogen-bond acceptors (Lipinski definition) is 9. The first-order valence-electron chi connectivity index (χ1n) is 10.1. The molecule has 4 rings (SSSR count). The normalized spacial score (nSPS) is 17.2. The number of anilines is 1. The average molecular weight is 559 g/mol. The van der Waals surface area contributed by atoms with Crippen LogP contribution in [-0.2, 0) is 32.5 Å². The second kappa shape index (κ2) is 10.4. The number of benzene rings is 1. The number of nitrogens with zero attached hydrogens (tertiary/aromatic N) is 2. The monoisotopic (exact) mass is 558 g/mol. The molecule has 0 saturated heterocycles. The van der Waals surface area contributed by atoms with Crippen LogP contribution >= 0.6 is 34.4 Å². The number of sulfonamides is 1. The number of hydrogen-bond donors (Lipinski definition) is 3. The summed E-state index contributed by atoms with van der Waals surface area (Å²) >= 11 is 4.60. The second-order valence-corrected chi connectivity index (χ2v) is 13.6. The third-order valence-corrected chi connectivity index (χ3v) is 9.68. The van der Waals surface area contributed by atoms with Crippen LogP contribution in [0.15, 0.2) is 46.5 Å². The van der Waals surface area contributed by atoms with E-state index >= 15 is 0 Å². The molecule has 3 heterocycles. The van der Waals surface area contributed by atoms with Crippen molar-refractivity contribution < 1.29 is 21.4 Å². The smallest absolute Gasteiger partial charge is 0.269 e. The number of thioether (sulfide) groups is 1. The van der Waals surface area contributed by atoms with Gasteiger partial charge in [-0.3, -0.25) is 9.27 Å². The summed E-state index contributed by atoms with van der Waals surface area (Å²) in [5, 5.41) is 7.63.